The number of rotatable bonds is 4. The van der Waals surface area contributed by atoms with Gasteiger partial charge in [0.05, 0.1) is 6.54 Å². The van der Waals surface area contributed by atoms with Crippen molar-refractivity contribution in [1.82, 2.24) is 10.3 Å². The van der Waals surface area contributed by atoms with E-state index in [0.717, 1.165) is 42.8 Å². The van der Waals surface area contributed by atoms with Crippen LogP contribution in [-0.2, 0) is 16.8 Å². The number of piperidine rings is 1. The molecular formula is C25H25ClN4O2. The van der Waals surface area contributed by atoms with Crippen molar-refractivity contribution >= 4 is 29.0 Å². The number of para-hydroxylation sites is 1. The second-order valence-corrected chi connectivity index (χ2v) is 8.77. The Morgan fingerprint density at radius 1 is 1.16 bits per heavy atom. The first-order valence-electron chi connectivity index (χ1n) is 10.8. The number of nitrogens with one attached hydrogen (secondary N) is 1. The zero-order chi connectivity index (χ0) is 22.1. The molecule has 1 aromatic heterocycles. The molecule has 164 valence electrons. The minimum Gasteiger partial charge on any atom is -0.479 e. The number of amides is 1. The molecule has 1 spiro atoms. The molecule has 3 aromatic rings. The van der Waals surface area contributed by atoms with Gasteiger partial charge in [0.15, 0.2) is 6.10 Å². The van der Waals surface area contributed by atoms with Gasteiger partial charge in [-0.15, -0.1) is 0 Å². The van der Waals surface area contributed by atoms with Gasteiger partial charge in [0.25, 0.3) is 5.91 Å². The predicted molar refractivity (Wildman–Crippen MR) is 126 cm³/mol. The van der Waals surface area contributed by atoms with Crippen molar-refractivity contribution in [3.05, 3.63) is 83.0 Å². The average molecular weight is 449 g/mol. The summed E-state index contributed by atoms with van der Waals surface area (Å²) in [4.78, 5) is 20.3. The number of aromatic nitrogens is 1. The van der Waals surface area contributed by atoms with E-state index in [1.165, 1.54) is 0 Å². The summed E-state index contributed by atoms with van der Waals surface area (Å²) in [5.41, 5.74) is 8.14. The number of pyridine rings is 1. The van der Waals surface area contributed by atoms with Crippen molar-refractivity contribution in [2.45, 2.75) is 30.9 Å². The number of halogens is 1. The van der Waals surface area contributed by atoms with E-state index in [4.69, 9.17) is 22.1 Å². The summed E-state index contributed by atoms with van der Waals surface area (Å²) in [6, 6.07) is 18.9. The maximum Gasteiger partial charge on any atom is 0.270 e. The van der Waals surface area contributed by atoms with E-state index in [2.05, 4.69) is 16.4 Å². The molecular weight excluding hydrogens is 424 g/mol. The number of nitrogen functional groups attached to an aromatic ring is 1. The van der Waals surface area contributed by atoms with E-state index in [0.29, 0.717) is 16.5 Å². The fourth-order valence-electron chi connectivity index (χ4n) is 4.85. The molecule has 2 aliphatic rings. The first-order chi connectivity index (χ1) is 15.6. The Labute approximate surface area is 192 Å². The number of hydrogen-bond donors (Lipinski definition) is 2. The van der Waals surface area contributed by atoms with Crippen LogP contribution in [0.25, 0.3) is 0 Å². The second-order valence-electron chi connectivity index (χ2n) is 8.36. The van der Waals surface area contributed by atoms with Gasteiger partial charge in [-0.1, -0.05) is 48.0 Å². The highest BCUT2D eigenvalue weighted by Crippen LogP contribution is 2.49. The van der Waals surface area contributed by atoms with Crippen molar-refractivity contribution in [1.29, 1.82) is 0 Å². The van der Waals surface area contributed by atoms with Gasteiger partial charge in [-0.2, -0.15) is 0 Å². The summed E-state index contributed by atoms with van der Waals surface area (Å²) in [5, 5.41) is 4.01. The van der Waals surface area contributed by atoms with Gasteiger partial charge >= 0.3 is 0 Å². The Balaban J connectivity index is 1.57. The molecule has 0 bridgehead atoms. The number of benzene rings is 2. The van der Waals surface area contributed by atoms with Crippen LogP contribution in [0.5, 0.6) is 5.75 Å². The molecule has 32 heavy (non-hydrogen) atoms. The number of nitrogens with zero attached hydrogens (tertiary/aromatic N) is 2. The molecule has 2 aromatic carbocycles. The Morgan fingerprint density at radius 2 is 1.91 bits per heavy atom. The summed E-state index contributed by atoms with van der Waals surface area (Å²) in [6.45, 7) is 1.95. The van der Waals surface area contributed by atoms with Gasteiger partial charge in [-0.05, 0) is 49.7 Å². The lowest BCUT2D eigenvalue weighted by Crippen LogP contribution is -2.54. The smallest absolute Gasteiger partial charge is 0.270 e. The fourth-order valence-corrected chi connectivity index (χ4v) is 5.04. The van der Waals surface area contributed by atoms with E-state index in [1.807, 2.05) is 42.5 Å². The largest absolute Gasteiger partial charge is 0.479 e. The lowest BCUT2D eigenvalue weighted by molar-refractivity contribution is -0.128. The van der Waals surface area contributed by atoms with Crippen LogP contribution < -0.4 is 20.7 Å². The van der Waals surface area contributed by atoms with Gasteiger partial charge in [0.2, 0.25) is 0 Å². The van der Waals surface area contributed by atoms with Crippen LogP contribution in [-0.4, -0.2) is 30.1 Å². The number of nitrogens with two attached hydrogens (primary N) is 1. The Kier molecular flexibility index (Phi) is 5.49. The van der Waals surface area contributed by atoms with Gasteiger partial charge in [0, 0.05) is 34.0 Å². The molecule has 5 rings (SSSR count). The highest BCUT2D eigenvalue weighted by Gasteiger charge is 2.54. The van der Waals surface area contributed by atoms with Crippen molar-refractivity contribution in [2.75, 3.05) is 23.7 Å². The summed E-state index contributed by atoms with van der Waals surface area (Å²) in [7, 11) is 0. The average Bonchev–Trinajstić information content (AvgIpc) is 3.12. The zero-order valence-electron chi connectivity index (χ0n) is 17.6. The topological polar surface area (TPSA) is 80.5 Å². The quantitative estimate of drug-likeness (QED) is 0.632. The molecule has 1 amide bonds. The molecule has 0 aliphatic carbocycles. The molecule has 3 N–H and O–H groups in total. The molecule has 0 saturated carbocycles. The monoisotopic (exact) mass is 448 g/mol. The number of ether oxygens (including phenoxy) is 1. The van der Waals surface area contributed by atoms with E-state index in [1.54, 1.807) is 23.2 Å². The third kappa shape index (κ3) is 3.59. The van der Waals surface area contributed by atoms with Crippen LogP contribution in [0.3, 0.4) is 0 Å². The summed E-state index contributed by atoms with van der Waals surface area (Å²) in [5.74, 6) is 1.13. The highest BCUT2D eigenvalue weighted by atomic mass is 35.5. The minimum atomic E-state index is -0.646. The minimum absolute atomic E-state index is 0.138. The van der Waals surface area contributed by atoms with E-state index in [9.17, 15) is 4.79 Å². The predicted octanol–water partition coefficient (Wildman–Crippen LogP) is 3.93. The lowest BCUT2D eigenvalue weighted by Gasteiger charge is -2.39. The summed E-state index contributed by atoms with van der Waals surface area (Å²) in [6.07, 6.45) is 2.62. The Morgan fingerprint density at radius 3 is 2.69 bits per heavy atom. The van der Waals surface area contributed by atoms with Gasteiger partial charge < -0.3 is 15.8 Å². The van der Waals surface area contributed by atoms with Crippen LogP contribution in [0.2, 0.25) is 5.02 Å². The molecule has 6 nitrogen and oxygen atoms in total. The van der Waals surface area contributed by atoms with Gasteiger partial charge in [0.1, 0.15) is 11.6 Å². The van der Waals surface area contributed by atoms with Crippen LogP contribution in [0, 0.1) is 0 Å². The van der Waals surface area contributed by atoms with Gasteiger partial charge in [-0.3, -0.25) is 9.69 Å². The van der Waals surface area contributed by atoms with E-state index in [-0.39, 0.29) is 17.9 Å². The standard InChI is InChI=1S/C25H25ClN4O2/c26-20-7-3-1-5-17(20)16-30(22-15-18(27)9-12-29-22)24(31)23-25(10-13-28-14-11-25)19-6-2-4-8-21(19)32-23/h1-9,12,15,23,28H,10-11,13-14,16H2,(H2,27,29)/t23-/m0/s1. The van der Waals surface area contributed by atoms with Crippen LogP contribution >= 0.6 is 11.6 Å². The SMILES string of the molecule is Nc1ccnc(N(Cc2ccccc2Cl)C(=O)[C@@H]2Oc3ccccc3C23CCNCC3)c1. The molecule has 2 aliphatic heterocycles. The number of anilines is 2. The normalized spacial score (nSPS) is 18.7. The summed E-state index contributed by atoms with van der Waals surface area (Å²) < 4.78 is 6.35. The molecule has 7 heteroatoms. The first-order valence-corrected chi connectivity index (χ1v) is 11.2. The first kappa shape index (κ1) is 20.8. The van der Waals surface area contributed by atoms with Crippen LogP contribution in [0.15, 0.2) is 66.9 Å². The van der Waals surface area contributed by atoms with Gasteiger partial charge in [-0.25, -0.2) is 4.98 Å². The van der Waals surface area contributed by atoms with Crippen LogP contribution in [0.4, 0.5) is 11.5 Å². The highest BCUT2D eigenvalue weighted by molar-refractivity contribution is 6.31. The third-order valence-electron chi connectivity index (χ3n) is 6.49. The zero-order valence-corrected chi connectivity index (χ0v) is 18.4. The van der Waals surface area contributed by atoms with Crippen LogP contribution in [0.1, 0.15) is 24.0 Å². The number of fused-ring (bicyclic) bond motifs is 2. The van der Waals surface area contributed by atoms with Crippen molar-refractivity contribution in [2.24, 2.45) is 0 Å². The molecule has 1 atom stereocenters. The fraction of sp³-hybridized carbons (Fsp3) is 0.280. The molecule has 1 fully saturated rings. The maximum atomic E-state index is 14.2. The molecule has 0 unspecified atom stereocenters. The lowest BCUT2D eigenvalue weighted by atomic mass is 9.70. The van der Waals surface area contributed by atoms with Crippen molar-refractivity contribution in [3.63, 3.8) is 0 Å². The van der Waals surface area contributed by atoms with Crippen molar-refractivity contribution < 1.29 is 9.53 Å². The van der Waals surface area contributed by atoms with E-state index < -0.39 is 6.10 Å². The summed E-state index contributed by atoms with van der Waals surface area (Å²) >= 11 is 6.44. The van der Waals surface area contributed by atoms with Crippen molar-refractivity contribution in [3.8, 4) is 5.75 Å². The number of hydrogen-bond acceptors (Lipinski definition) is 5. The molecule has 1 saturated heterocycles. The Bertz CT molecular complexity index is 1150. The number of carbonyl (C=O) groups excluding carboxylic acids is 1. The molecule has 0 radical (unpaired) electrons. The third-order valence-corrected chi connectivity index (χ3v) is 6.86. The van der Waals surface area contributed by atoms with E-state index >= 15 is 0 Å². The maximum absolute atomic E-state index is 14.2. The Hall–Kier alpha value is -3.09. The second kappa shape index (κ2) is 8.45. The molecule has 3 heterocycles. The number of carbonyl (C=O) groups is 1.